The molecule has 4 heteroatoms. The number of hydrogen-bond acceptors (Lipinski definition) is 3. The van der Waals surface area contributed by atoms with Crippen LogP contribution in [0.1, 0.15) is 19.3 Å². The Labute approximate surface area is 91.6 Å². The van der Waals surface area contributed by atoms with Crippen LogP contribution in [0.15, 0.2) is 0 Å². The molecule has 1 heterocycles. The Morgan fingerprint density at radius 2 is 2.43 bits per heavy atom. The Bertz CT molecular complexity index is 185. The van der Waals surface area contributed by atoms with Gasteiger partial charge in [0.2, 0.25) is 5.91 Å². The topological polar surface area (TPSA) is 32.3 Å². The third kappa shape index (κ3) is 3.50. The molecule has 1 rings (SSSR count). The highest BCUT2D eigenvalue weighted by molar-refractivity contribution is 7.80. The zero-order valence-corrected chi connectivity index (χ0v) is 9.72. The van der Waals surface area contributed by atoms with E-state index in [-0.39, 0.29) is 5.91 Å². The van der Waals surface area contributed by atoms with Gasteiger partial charge < -0.3 is 10.2 Å². The Balaban J connectivity index is 2.35. The first-order valence-electron chi connectivity index (χ1n) is 5.31. The molecule has 0 aliphatic carbocycles. The van der Waals surface area contributed by atoms with E-state index in [1.54, 1.807) is 0 Å². The van der Waals surface area contributed by atoms with E-state index >= 15 is 0 Å². The van der Waals surface area contributed by atoms with Crippen LogP contribution in [0.2, 0.25) is 0 Å². The molecule has 0 aromatic rings. The second-order valence-electron chi connectivity index (χ2n) is 3.88. The minimum absolute atomic E-state index is 0.265. The molecular formula is C10H20N2OS. The largest absolute Gasteiger partial charge is 0.342 e. The standard InChI is InChI=1S/C10H20N2OS/c1-11-7-9-3-2-5-12(8-9)10(13)4-6-14/h9,11,14H,2-8H2,1H3. The maximum absolute atomic E-state index is 11.6. The van der Waals surface area contributed by atoms with E-state index in [2.05, 4.69) is 17.9 Å². The zero-order valence-electron chi connectivity index (χ0n) is 8.83. The normalized spacial score (nSPS) is 22.4. The summed E-state index contributed by atoms with van der Waals surface area (Å²) in [7, 11) is 1.97. The molecular weight excluding hydrogens is 196 g/mol. The lowest BCUT2D eigenvalue weighted by Gasteiger charge is -2.32. The summed E-state index contributed by atoms with van der Waals surface area (Å²) in [5.41, 5.74) is 0. The third-order valence-corrected chi connectivity index (χ3v) is 2.91. The average Bonchev–Trinajstić information content (AvgIpc) is 2.19. The van der Waals surface area contributed by atoms with Crippen molar-refractivity contribution in [1.82, 2.24) is 10.2 Å². The number of hydrogen-bond donors (Lipinski definition) is 2. The van der Waals surface area contributed by atoms with Gasteiger partial charge in [-0.2, -0.15) is 12.6 Å². The summed E-state index contributed by atoms with van der Waals surface area (Å²) < 4.78 is 0. The lowest BCUT2D eigenvalue weighted by atomic mass is 9.98. The minimum atomic E-state index is 0.265. The molecule has 1 fully saturated rings. The second kappa shape index (κ2) is 6.30. The maximum atomic E-state index is 11.6. The third-order valence-electron chi connectivity index (χ3n) is 2.69. The van der Waals surface area contributed by atoms with E-state index < -0.39 is 0 Å². The molecule has 14 heavy (non-hydrogen) atoms. The highest BCUT2D eigenvalue weighted by atomic mass is 32.1. The number of piperidine rings is 1. The molecule has 1 saturated heterocycles. The summed E-state index contributed by atoms with van der Waals surface area (Å²) in [6.45, 7) is 2.88. The predicted octanol–water partition coefficient (Wildman–Crippen LogP) is 0.764. The first-order valence-corrected chi connectivity index (χ1v) is 5.94. The SMILES string of the molecule is CNCC1CCCN(C(=O)CCS)C1. The molecule has 1 aliphatic heterocycles. The Morgan fingerprint density at radius 3 is 3.07 bits per heavy atom. The summed E-state index contributed by atoms with van der Waals surface area (Å²) in [4.78, 5) is 13.6. The van der Waals surface area contributed by atoms with Gasteiger partial charge in [0.25, 0.3) is 0 Å². The first-order chi connectivity index (χ1) is 6.77. The first kappa shape index (κ1) is 11.9. The molecule has 1 N–H and O–H groups in total. The van der Waals surface area contributed by atoms with Crippen LogP contribution in [-0.2, 0) is 4.79 Å². The molecule has 3 nitrogen and oxygen atoms in total. The quantitative estimate of drug-likeness (QED) is 0.680. The fraction of sp³-hybridized carbons (Fsp3) is 0.900. The highest BCUT2D eigenvalue weighted by Gasteiger charge is 2.22. The molecule has 1 amide bonds. The van der Waals surface area contributed by atoms with Crippen LogP contribution in [0.5, 0.6) is 0 Å². The van der Waals surface area contributed by atoms with Crippen molar-refractivity contribution < 1.29 is 4.79 Å². The maximum Gasteiger partial charge on any atom is 0.223 e. The molecule has 0 aromatic heterocycles. The number of carbonyl (C=O) groups excluding carboxylic acids is 1. The number of nitrogens with one attached hydrogen (secondary N) is 1. The van der Waals surface area contributed by atoms with Gasteiger partial charge in [0.05, 0.1) is 0 Å². The van der Waals surface area contributed by atoms with Gasteiger partial charge >= 0.3 is 0 Å². The van der Waals surface area contributed by atoms with E-state index in [9.17, 15) is 4.79 Å². The Morgan fingerprint density at radius 1 is 1.64 bits per heavy atom. The summed E-state index contributed by atoms with van der Waals surface area (Å²) in [5.74, 6) is 1.56. The summed E-state index contributed by atoms with van der Waals surface area (Å²) in [6.07, 6.45) is 2.96. The summed E-state index contributed by atoms with van der Waals surface area (Å²) >= 11 is 4.08. The predicted molar refractivity (Wildman–Crippen MR) is 61.7 cm³/mol. The van der Waals surface area contributed by atoms with Gasteiger partial charge in [0, 0.05) is 19.5 Å². The monoisotopic (exact) mass is 216 g/mol. The molecule has 0 radical (unpaired) electrons. The lowest BCUT2D eigenvalue weighted by Crippen LogP contribution is -2.42. The van der Waals surface area contributed by atoms with Crippen LogP contribution in [-0.4, -0.2) is 43.2 Å². The number of likely N-dealkylation sites (tertiary alicyclic amines) is 1. The van der Waals surface area contributed by atoms with Gasteiger partial charge in [-0.05, 0) is 38.1 Å². The smallest absolute Gasteiger partial charge is 0.223 e. The van der Waals surface area contributed by atoms with Crippen molar-refractivity contribution in [1.29, 1.82) is 0 Å². The molecule has 82 valence electrons. The van der Waals surface area contributed by atoms with Gasteiger partial charge in [-0.25, -0.2) is 0 Å². The van der Waals surface area contributed by atoms with E-state index in [1.807, 2.05) is 11.9 Å². The molecule has 0 spiro atoms. The number of nitrogens with zero attached hydrogens (tertiary/aromatic N) is 1. The molecule has 0 bridgehead atoms. The van der Waals surface area contributed by atoms with Crippen LogP contribution in [0.3, 0.4) is 0 Å². The van der Waals surface area contributed by atoms with Crippen LogP contribution >= 0.6 is 12.6 Å². The zero-order chi connectivity index (χ0) is 10.4. The van der Waals surface area contributed by atoms with Gasteiger partial charge in [-0.15, -0.1) is 0 Å². The van der Waals surface area contributed by atoms with Crippen molar-refractivity contribution in [2.75, 3.05) is 32.4 Å². The summed E-state index contributed by atoms with van der Waals surface area (Å²) in [6, 6.07) is 0. The van der Waals surface area contributed by atoms with Gasteiger partial charge in [-0.3, -0.25) is 4.79 Å². The number of rotatable bonds is 4. The lowest BCUT2D eigenvalue weighted by molar-refractivity contribution is -0.132. The fourth-order valence-electron chi connectivity index (χ4n) is 2.00. The van der Waals surface area contributed by atoms with Gasteiger partial charge in [-0.1, -0.05) is 0 Å². The average molecular weight is 216 g/mol. The van der Waals surface area contributed by atoms with E-state index in [0.29, 0.717) is 18.1 Å². The van der Waals surface area contributed by atoms with Gasteiger partial charge in [0.1, 0.15) is 0 Å². The number of amides is 1. The molecule has 1 atom stereocenters. The van der Waals surface area contributed by atoms with Crippen molar-refractivity contribution in [3.8, 4) is 0 Å². The summed E-state index contributed by atoms with van der Waals surface area (Å²) in [5, 5.41) is 3.18. The van der Waals surface area contributed by atoms with Crippen LogP contribution < -0.4 is 5.32 Å². The van der Waals surface area contributed by atoms with E-state index in [0.717, 1.165) is 26.1 Å². The number of carbonyl (C=O) groups is 1. The van der Waals surface area contributed by atoms with Crippen LogP contribution in [0, 0.1) is 5.92 Å². The van der Waals surface area contributed by atoms with Gasteiger partial charge in [0.15, 0.2) is 0 Å². The number of thiol groups is 1. The van der Waals surface area contributed by atoms with Crippen molar-refractivity contribution in [3.63, 3.8) is 0 Å². The van der Waals surface area contributed by atoms with Crippen molar-refractivity contribution in [2.45, 2.75) is 19.3 Å². The van der Waals surface area contributed by atoms with Crippen LogP contribution in [0.4, 0.5) is 0 Å². The Hall–Kier alpha value is -0.220. The second-order valence-corrected chi connectivity index (χ2v) is 4.33. The van der Waals surface area contributed by atoms with Crippen molar-refractivity contribution in [2.24, 2.45) is 5.92 Å². The van der Waals surface area contributed by atoms with Crippen molar-refractivity contribution >= 4 is 18.5 Å². The molecule has 1 unspecified atom stereocenters. The molecule has 0 saturated carbocycles. The van der Waals surface area contributed by atoms with Crippen molar-refractivity contribution in [3.05, 3.63) is 0 Å². The van der Waals surface area contributed by atoms with E-state index in [4.69, 9.17) is 0 Å². The molecule has 1 aliphatic rings. The van der Waals surface area contributed by atoms with E-state index in [1.165, 1.54) is 6.42 Å². The molecule has 0 aromatic carbocycles. The fourth-order valence-corrected chi connectivity index (χ4v) is 2.19. The highest BCUT2D eigenvalue weighted by Crippen LogP contribution is 2.16. The van der Waals surface area contributed by atoms with Crippen LogP contribution in [0.25, 0.3) is 0 Å². The minimum Gasteiger partial charge on any atom is -0.342 e. The Kier molecular flexibility index (Phi) is 5.33.